The summed E-state index contributed by atoms with van der Waals surface area (Å²) in [5.74, 6) is -0.0774. The molecular formula is C14H15NO4S. The Bertz CT molecular complexity index is 731. The number of benzene rings is 1. The van der Waals surface area contributed by atoms with E-state index in [1.165, 1.54) is 13.2 Å². The highest BCUT2D eigenvalue weighted by Crippen LogP contribution is 2.29. The molecule has 2 aromatic rings. The molecule has 1 N–H and O–H groups in total. The van der Waals surface area contributed by atoms with Crippen LogP contribution < -0.4 is 4.72 Å². The van der Waals surface area contributed by atoms with E-state index in [9.17, 15) is 13.2 Å². The van der Waals surface area contributed by atoms with Gasteiger partial charge in [0.2, 0.25) is 5.09 Å². The molecule has 0 fully saturated rings. The highest BCUT2D eigenvalue weighted by atomic mass is 32.2. The second-order valence-corrected chi connectivity index (χ2v) is 5.93. The van der Waals surface area contributed by atoms with Crippen LogP contribution in [0.1, 0.15) is 24.2 Å². The van der Waals surface area contributed by atoms with Gasteiger partial charge in [0.1, 0.15) is 0 Å². The first-order chi connectivity index (χ1) is 9.45. The van der Waals surface area contributed by atoms with Crippen LogP contribution in [0, 0.1) is 0 Å². The predicted octanol–water partition coefficient (Wildman–Crippen LogP) is 2.45. The topological polar surface area (TPSA) is 76.4 Å². The molecule has 0 amide bonds. The third kappa shape index (κ3) is 2.81. The van der Waals surface area contributed by atoms with Crippen molar-refractivity contribution in [2.45, 2.75) is 18.9 Å². The van der Waals surface area contributed by atoms with Crippen LogP contribution >= 0.6 is 0 Å². The summed E-state index contributed by atoms with van der Waals surface area (Å²) in [4.78, 5) is 11.4. The van der Waals surface area contributed by atoms with Crippen molar-refractivity contribution in [3.05, 3.63) is 42.2 Å². The molecule has 20 heavy (non-hydrogen) atoms. The van der Waals surface area contributed by atoms with E-state index in [0.29, 0.717) is 16.7 Å². The van der Waals surface area contributed by atoms with Gasteiger partial charge in [0.15, 0.2) is 5.78 Å². The van der Waals surface area contributed by atoms with Gasteiger partial charge in [0.25, 0.3) is 10.0 Å². The minimum atomic E-state index is -3.68. The molecule has 1 heterocycles. The average molecular weight is 293 g/mol. The van der Waals surface area contributed by atoms with Crippen LogP contribution in [0.25, 0.3) is 11.1 Å². The van der Waals surface area contributed by atoms with Crippen LogP contribution in [0.15, 0.2) is 46.1 Å². The Morgan fingerprint density at radius 3 is 2.70 bits per heavy atom. The molecule has 6 heteroatoms. The fourth-order valence-electron chi connectivity index (χ4n) is 1.88. The van der Waals surface area contributed by atoms with E-state index in [2.05, 4.69) is 4.72 Å². The van der Waals surface area contributed by atoms with Crippen LogP contribution in [0.4, 0.5) is 0 Å². The number of furan rings is 1. The van der Waals surface area contributed by atoms with E-state index in [1.54, 1.807) is 37.3 Å². The second-order valence-electron chi connectivity index (χ2n) is 4.26. The number of sulfonamides is 1. The lowest BCUT2D eigenvalue weighted by atomic mass is 10.0. The fourth-order valence-corrected chi connectivity index (χ4v) is 3.05. The lowest BCUT2D eigenvalue weighted by Gasteiger charge is -2.05. The third-order valence-electron chi connectivity index (χ3n) is 2.79. The van der Waals surface area contributed by atoms with Crippen LogP contribution in [-0.2, 0) is 10.0 Å². The summed E-state index contributed by atoms with van der Waals surface area (Å²) in [6.07, 6.45) is 1.32. The van der Waals surface area contributed by atoms with Gasteiger partial charge in [-0.25, -0.2) is 13.1 Å². The summed E-state index contributed by atoms with van der Waals surface area (Å²) in [6, 6.07) is 8.36. The van der Waals surface area contributed by atoms with E-state index < -0.39 is 10.0 Å². The van der Waals surface area contributed by atoms with Gasteiger partial charge >= 0.3 is 0 Å². The van der Waals surface area contributed by atoms with Gasteiger partial charge in [-0.3, -0.25) is 4.79 Å². The number of ketones is 1. The Hall–Kier alpha value is -1.92. The van der Waals surface area contributed by atoms with E-state index in [4.69, 9.17) is 4.42 Å². The number of carbonyl (C=O) groups is 1. The molecule has 0 aliphatic heterocycles. The fraction of sp³-hybridized carbons (Fsp3) is 0.214. The maximum Gasteiger partial charge on any atom is 0.274 e. The highest BCUT2D eigenvalue weighted by Gasteiger charge is 2.22. The van der Waals surface area contributed by atoms with Crippen molar-refractivity contribution < 1.29 is 17.6 Å². The summed E-state index contributed by atoms with van der Waals surface area (Å²) in [7, 11) is -3.68. The van der Waals surface area contributed by atoms with E-state index >= 15 is 0 Å². The molecule has 0 aliphatic rings. The van der Waals surface area contributed by atoms with Crippen molar-refractivity contribution in [3.63, 3.8) is 0 Å². The van der Waals surface area contributed by atoms with Crippen molar-refractivity contribution in [2.75, 3.05) is 6.54 Å². The molecule has 0 saturated heterocycles. The highest BCUT2D eigenvalue weighted by molar-refractivity contribution is 7.89. The van der Waals surface area contributed by atoms with Gasteiger partial charge in [0.05, 0.1) is 6.26 Å². The molecule has 0 saturated carbocycles. The van der Waals surface area contributed by atoms with Crippen molar-refractivity contribution in [1.82, 2.24) is 4.72 Å². The zero-order valence-electron chi connectivity index (χ0n) is 11.2. The minimum Gasteiger partial charge on any atom is -0.451 e. The molecule has 0 aliphatic carbocycles. The first-order valence-corrected chi connectivity index (χ1v) is 7.62. The van der Waals surface area contributed by atoms with Crippen LogP contribution in [0.2, 0.25) is 0 Å². The number of Topliss-reactive ketones (excluding diaryl/α,β-unsaturated/α-hetero) is 1. The van der Waals surface area contributed by atoms with Crippen molar-refractivity contribution in [2.24, 2.45) is 0 Å². The monoisotopic (exact) mass is 293 g/mol. The lowest BCUT2D eigenvalue weighted by Crippen LogP contribution is -2.23. The first kappa shape index (κ1) is 14.5. The summed E-state index contributed by atoms with van der Waals surface area (Å²) >= 11 is 0. The van der Waals surface area contributed by atoms with Crippen LogP contribution in [0.5, 0.6) is 0 Å². The quantitative estimate of drug-likeness (QED) is 0.859. The Morgan fingerprint density at radius 2 is 2.05 bits per heavy atom. The van der Waals surface area contributed by atoms with E-state index in [1.807, 2.05) is 0 Å². The molecule has 0 bridgehead atoms. The first-order valence-electron chi connectivity index (χ1n) is 6.14. The predicted molar refractivity (Wildman–Crippen MR) is 75.0 cm³/mol. The summed E-state index contributed by atoms with van der Waals surface area (Å²) < 4.78 is 31.6. The van der Waals surface area contributed by atoms with Crippen molar-refractivity contribution in [3.8, 4) is 11.1 Å². The smallest absolute Gasteiger partial charge is 0.274 e. The largest absolute Gasteiger partial charge is 0.451 e. The molecule has 1 aromatic heterocycles. The Kier molecular flexibility index (Phi) is 4.06. The molecule has 0 unspecified atom stereocenters. The second kappa shape index (κ2) is 5.60. The number of hydrogen-bond acceptors (Lipinski definition) is 4. The molecule has 2 rings (SSSR count). The minimum absolute atomic E-state index is 0.0774. The van der Waals surface area contributed by atoms with Gasteiger partial charge < -0.3 is 4.42 Å². The molecule has 1 aromatic carbocycles. The molecule has 0 radical (unpaired) electrons. The van der Waals surface area contributed by atoms with Crippen LogP contribution in [-0.4, -0.2) is 20.7 Å². The Morgan fingerprint density at radius 1 is 1.30 bits per heavy atom. The van der Waals surface area contributed by atoms with Gasteiger partial charge in [0, 0.05) is 17.7 Å². The van der Waals surface area contributed by atoms with Crippen molar-refractivity contribution >= 4 is 15.8 Å². The third-order valence-corrected chi connectivity index (χ3v) is 4.26. The maximum atomic E-state index is 12.0. The van der Waals surface area contributed by atoms with E-state index in [-0.39, 0.29) is 17.4 Å². The molecule has 0 spiro atoms. The number of nitrogens with one attached hydrogen (secondary N) is 1. The normalized spacial score (nSPS) is 11.5. The molecule has 106 valence electrons. The summed E-state index contributed by atoms with van der Waals surface area (Å²) in [5, 5.41) is -0.139. The standard InChI is InChI=1S/C14H15NO4S/c1-3-15-20(17,18)14-13(7-8-19-14)12-6-4-5-11(9-12)10(2)16/h4-9,15H,3H2,1-2H3. The number of rotatable bonds is 5. The summed E-state index contributed by atoms with van der Waals surface area (Å²) in [6.45, 7) is 3.43. The maximum absolute atomic E-state index is 12.0. The SMILES string of the molecule is CCNS(=O)(=O)c1occc1-c1cccc(C(C)=O)c1. The summed E-state index contributed by atoms with van der Waals surface area (Å²) in [5.41, 5.74) is 1.59. The Balaban J connectivity index is 2.53. The molecular weight excluding hydrogens is 278 g/mol. The van der Waals surface area contributed by atoms with Gasteiger partial charge in [-0.1, -0.05) is 25.1 Å². The van der Waals surface area contributed by atoms with Crippen molar-refractivity contribution in [1.29, 1.82) is 0 Å². The van der Waals surface area contributed by atoms with E-state index in [0.717, 1.165) is 0 Å². The Labute approximate surface area is 117 Å². The van der Waals surface area contributed by atoms with Gasteiger partial charge in [-0.15, -0.1) is 0 Å². The zero-order valence-corrected chi connectivity index (χ0v) is 12.0. The van der Waals surface area contributed by atoms with Crippen LogP contribution in [0.3, 0.4) is 0 Å². The number of carbonyl (C=O) groups excluding carboxylic acids is 1. The lowest BCUT2D eigenvalue weighted by molar-refractivity contribution is 0.101. The number of hydrogen-bond donors (Lipinski definition) is 1. The zero-order chi connectivity index (χ0) is 14.8. The average Bonchev–Trinajstić information content (AvgIpc) is 2.89. The van der Waals surface area contributed by atoms with Gasteiger partial charge in [-0.2, -0.15) is 0 Å². The van der Waals surface area contributed by atoms with Gasteiger partial charge in [-0.05, 0) is 24.6 Å². The molecule has 5 nitrogen and oxygen atoms in total. The molecule has 0 atom stereocenters.